The van der Waals surface area contributed by atoms with Crippen LogP contribution in [0, 0.1) is 5.82 Å². The highest BCUT2D eigenvalue weighted by Crippen LogP contribution is 2.20. The summed E-state index contributed by atoms with van der Waals surface area (Å²) < 4.78 is 25.1. The van der Waals surface area contributed by atoms with E-state index in [0.717, 1.165) is 11.1 Å². The Morgan fingerprint density at radius 2 is 1.60 bits per heavy atom. The van der Waals surface area contributed by atoms with Crippen molar-refractivity contribution in [2.24, 2.45) is 0 Å². The van der Waals surface area contributed by atoms with Crippen LogP contribution in [0.1, 0.15) is 5.56 Å². The highest BCUT2D eigenvalue weighted by molar-refractivity contribution is 5.63. The fourth-order valence-corrected chi connectivity index (χ4v) is 1.48. The van der Waals surface area contributed by atoms with Crippen molar-refractivity contribution < 1.29 is 8.78 Å². The largest absolute Gasteiger partial charge is 0.246 e. The van der Waals surface area contributed by atoms with Gasteiger partial charge in [-0.1, -0.05) is 30.3 Å². The van der Waals surface area contributed by atoms with E-state index in [4.69, 9.17) is 0 Å². The van der Waals surface area contributed by atoms with Gasteiger partial charge in [0, 0.05) is 0 Å². The van der Waals surface area contributed by atoms with Crippen molar-refractivity contribution in [1.29, 1.82) is 0 Å². The van der Waals surface area contributed by atoms with E-state index in [0.29, 0.717) is 5.56 Å². The SMILES string of the molecule is FCc1cccc(-c2ccc(F)cc2)c1. The summed E-state index contributed by atoms with van der Waals surface area (Å²) in [6, 6.07) is 13.4. The first-order valence-corrected chi connectivity index (χ1v) is 4.70. The maximum absolute atomic E-state index is 12.7. The van der Waals surface area contributed by atoms with Crippen molar-refractivity contribution in [3.8, 4) is 11.1 Å². The summed E-state index contributed by atoms with van der Waals surface area (Å²) in [5, 5.41) is 0. The van der Waals surface area contributed by atoms with Crippen LogP contribution in [0.25, 0.3) is 11.1 Å². The zero-order valence-corrected chi connectivity index (χ0v) is 8.08. The Labute approximate surface area is 87.2 Å². The van der Waals surface area contributed by atoms with Gasteiger partial charge in [0.05, 0.1) is 0 Å². The molecular weight excluding hydrogens is 194 g/mol. The molecule has 0 aromatic heterocycles. The molecule has 15 heavy (non-hydrogen) atoms. The number of rotatable bonds is 2. The maximum atomic E-state index is 12.7. The highest BCUT2D eigenvalue weighted by Gasteiger charge is 1.99. The first-order chi connectivity index (χ1) is 7.29. The number of hydrogen-bond acceptors (Lipinski definition) is 0. The molecule has 0 nitrogen and oxygen atoms in total. The van der Waals surface area contributed by atoms with Crippen LogP contribution in [0.2, 0.25) is 0 Å². The molecule has 0 spiro atoms. The molecule has 0 amide bonds. The molecule has 0 saturated carbocycles. The molecule has 0 aliphatic heterocycles. The molecule has 0 saturated heterocycles. The van der Waals surface area contributed by atoms with Crippen LogP contribution in [-0.4, -0.2) is 0 Å². The Morgan fingerprint density at radius 3 is 2.27 bits per heavy atom. The summed E-state index contributed by atoms with van der Waals surface area (Å²) in [5.74, 6) is -0.264. The van der Waals surface area contributed by atoms with Crippen LogP contribution in [0.15, 0.2) is 48.5 Å². The second-order valence-corrected chi connectivity index (χ2v) is 3.34. The lowest BCUT2D eigenvalue weighted by Gasteiger charge is -2.02. The molecule has 0 aliphatic carbocycles. The van der Waals surface area contributed by atoms with Crippen molar-refractivity contribution in [2.75, 3.05) is 0 Å². The zero-order chi connectivity index (χ0) is 10.7. The third-order valence-corrected chi connectivity index (χ3v) is 2.26. The maximum Gasteiger partial charge on any atom is 0.123 e. The van der Waals surface area contributed by atoms with Crippen molar-refractivity contribution in [3.05, 3.63) is 59.9 Å². The van der Waals surface area contributed by atoms with E-state index in [9.17, 15) is 8.78 Å². The molecule has 0 N–H and O–H groups in total. The standard InChI is InChI=1S/C13H10F2/c14-9-10-2-1-3-12(8-10)11-4-6-13(15)7-5-11/h1-8H,9H2. The molecule has 76 valence electrons. The van der Waals surface area contributed by atoms with E-state index in [1.165, 1.54) is 12.1 Å². The average Bonchev–Trinajstić information content (AvgIpc) is 2.30. The molecular formula is C13H10F2. The van der Waals surface area contributed by atoms with Crippen LogP contribution in [-0.2, 0) is 6.67 Å². The highest BCUT2D eigenvalue weighted by atomic mass is 19.1. The van der Waals surface area contributed by atoms with Crippen molar-refractivity contribution in [2.45, 2.75) is 6.67 Å². The Morgan fingerprint density at radius 1 is 0.867 bits per heavy atom. The van der Waals surface area contributed by atoms with Gasteiger partial charge in [-0.3, -0.25) is 0 Å². The smallest absolute Gasteiger partial charge is 0.123 e. The second kappa shape index (κ2) is 4.22. The lowest BCUT2D eigenvalue weighted by molar-refractivity contribution is 0.485. The Hall–Kier alpha value is -1.70. The Kier molecular flexibility index (Phi) is 2.77. The summed E-state index contributed by atoms with van der Waals surface area (Å²) in [6.45, 7) is -0.477. The fourth-order valence-electron chi connectivity index (χ4n) is 1.48. The summed E-state index contributed by atoms with van der Waals surface area (Å²) in [7, 11) is 0. The molecule has 2 aromatic rings. The van der Waals surface area contributed by atoms with Crippen molar-refractivity contribution in [3.63, 3.8) is 0 Å². The summed E-state index contributed by atoms with van der Waals surface area (Å²) in [4.78, 5) is 0. The summed E-state index contributed by atoms with van der Waals surface area (Å²) in [5.41, 5.74) is 2.44. The van der Waals surface area contributed by atoms with Crippen molar-refractivity contribution in [1.82, 2.24) is 0 Å². The van der Waals surface area contributed by atoms with Crippen LogP contribution >= 0.6 is 0 Å². The number of alkyl halides is 1. The topological polar surface area (TPSA) is 0 Å². The minimum absolute atomic E-state index is 0.264. The third kappa shape index (κ3) is 2.21. The average molecular weight is 204 g/mol. The van der Waals surface area contributed by atoms with Crippen molar-refractivity contribution >= 4 is 0 Å². The molecule has 0 aliphatic rings. The molecule has 0 atom stereocenters. The number of halogens is 2. The molecule has 0 radical (unpaired) electrons. The van der Waals surface area contributed by atoms with Gasteiger partial charge in [-0.05, 0) is 34.9 Å². The molecule has 0 bridgehead atoms. The minimum Gasteiger partial charge on any atom is -0.246 e. The fraction of sp³-hybridized carbons (Fsp3) is 0.0769. The van der Waals surface area contributed by atoms with Crippen LogP contribution in [0.3, 0.4) is 0 Å². The van der Waals surface area contributed by atoms with E-state index in [1.54, 1.807) is 30.3 Å². The van der Waals surface area contributed by atoms with E-state index < -0.39 is 6.67 Å². The second-order valence-electron chi connectivity index (χ2n) is 3.34. The van der Waals surface area contributed by atoms with Gasteiger partial charge in [-0.2, -0.15) is 0 Å². The van der Waals surface area contributed by atoms with E-state index in [1.807, 2.05) is 6.07 Å². The summed E-state index contributed by atoms with van der Waals surface area (Å²) in [6.07, 6.45) is 0. The predicted octanol–water partition coefficient (Wildman–Crippen LogP) is 3.96. The predicted molar refractivity (Wildman–Crippen MR) is 56.6 cm³/mol. The normalized spacial score (nSPS) is 10.3. The molecule has 2 heteroatoms. The molecule has 2 aromatic carbocycles. The van der Waals surface area contributed by atoms with Gasteiger partial charge < -0.3 is 0 Å². The number of hydrogen-bond donors (Lipinski definition) is 0. The molecule has 2 rings (SSSR count). The Bertz CT molecular complexity index is 446. The first kappa shape index (κ1) is 9.84. The Balaban J connectivity index is 2.40. The lowest BCUT2D eigenvalue weighted by atomic mass is 10.0. The van der Waals surface area contributed by atoms with Gasteiger partial charge in [0.2, 0.25) is 0 Å². The van der Waals surface area contributed by atoms with Gasteiger partial charge in [0.1, 0.15) is 12.5 Å². The van der Waals surface area contributed by atoms with E-state index in [-0.39, 0.29) is 5.82 Å². The summed E-state index contributed by atoms with van der Waals surface area (Å²) >= 11 is 0. The van der Waals surface area contributed by atoms with Gasteiger partial charge in [-0.25, -0.2) is 8.78 Å². The van der Waals surface area contributed by atoms with Gasteiger partial charge in [-0.15, -0.1) is 0 Å². The molecule has 0 fully saturated rings. The van der Waals surface area contributed by atoms with Crippen LogP contribution in [0.5, 0.6) is 0 Å². The lowest BCUT2D eigenvalue weighted by Crippen LogP contribution is -1.82. The minimum atomic E-state index is -0.477. The third-order valence-electron chi connectivity index (χ3n) is 2.26. The van der Waals surface area contributed by atoms with Gasteiger partial charge in [0.15, 0.2) is 0 Å². The first-order valence-electron chi connectivity index (χ1n) is 4.70. The quantitative estimate of drug-likeness (QED) is 0.694. The monoisotopic (exact) mass is 204 g/mol. The van der Waals surface area contributed by atoms with Crippen LogP contribution < -0.4 is 0 Å². The van der Waals surface area contributed by atoms with Gasteiger partial charge >= 0.3 is 0 Å². The zero-order valence-electron chi connectivity index (χ0n) is 8.08. The van der Waals surface area contributed by atoms with Gasteiger partial charge in [0.25, 0.3) is 0 Å². The van der Waals surface area contributed by atoms with E-state index in [2.05, 4.69) is 0 Å². The van der Waals surface area contributed by atoms with E-state index >= 15 is 0 Å². The molecule has 0 unspecified atom stereocenters. The van der Waals surface area contributed by atoms with Crippen LogP contribution in [0.4, 0.5) is 8.78 Å². The number of benzene rings is 2. The molecule has 0 heterocycles.